The van der Waals surface area contributed by atoms with E-state index in [2.05, 4.69) is 10.6 Å². The Kier molecular flexibility index (Phi) is 8.03. The average Bonchev–Trinajstić information content (AvgIpc) is 3.20. The first-order valence-corrected chi connectivity index (χ1v) is 11.2. The second-order valence-corrected chi connectivity index (χ2v) is 8.67. The molecule has 4 N–H and O–H groups in total. The minimum Gasteiger partial charge on any atom is -0.483 e. The quantitative estimate of drug-likeness (QED) is 0.452. The Morgan fingerprint density at radius 2 is 2.03 bits per heavy atom. The van der Waals surface area contributed by atoms with E-state index in [1.807, 2.05) is 22.5 Å². The van der Waals surface area contributed by atoms with Crippen molar-refractivity contribution in [2.24, 2.45) is 5.92 Å². The average molecular weight is 449 g/mol. The van der Waals surface area contributed by atoms with Crippen LogP contribution in [-0.4, -0.2) is 76.3 Å². The third kappa shape index (κ3) is 5.18. The molecule has 2 amide bonds. The Morgan fingerprint density at radius 1 is 1.28 bits per heavy atom. The predicted octanol–water partition coefficient (Wildman–Crippen LogP) is -0.325. The highest BCUT2D eigenvalue weighted by molar-refractivity contribution is 5.82. The number of piperidine rings is 1. The predicted molar refractivity (Wildman–Crippen MR) is 116 cm³/mol. The number of carbonyl (C=O) groups is 3. The van der Waals surface area contributed by atoms with Crippen LogP contribution in [0.5, 0.6) is 0 Å². The fraction of sp³-hybridized carbons (Fsp3) is 0.636. The normalized spacial score (nSPS) is 28.2. The maximum atomic E-state index is 13.0. The first-order valence-electron chi connectivity index (χ1n) is 11.2. The van der Waals surface area contributed by atoms with E-state index >= 15 is 0 Å². The molecule has 5 atom stereocenters. The van der Waals surface area contributed by atoms with Crippen molar-refractivity contribution in [3.63, 3.8) is 0 Å². The van der Waals surface area contributed by atoms with Gasteiger partial charge in [0.05, 0.1) is 18.2 Å². The second kappa shape index (κ2) is 10.7. The van der Waals surface area contributed by atoms with Crippen LogP contribution in [0.3, 0.4) is 0 Å². The van der Waals surface area contributed by atoms with E-state index in [1.165, 1.54) is 0 Å². The Hall–Kier alpha value is -2.72. The molecule has 3 aliphatic heterocycles. The monoisotopic (exact) mass is 448 g/mol. The Balaban J connectivity index is 0.000000913. The zero-order chi connectivity index (χ0) is 23.3. The van der Waals surface area contributed by atoms with E-state index in [0.29, 0.717) is 39.0 Å². The Bertz CT molecular complexity index is 887. The fourth-order valence-electron chi connectivity index (χ4n) is 5.14. The number of pyridine rings is 1. The van der Waals surface area contributed by atoms with Gasteiger partial charge in [-0.05, 0) is 31.2 Å². The van der Waals surface area contributed by atoms with Crippen LogP contribution in [0.4, 0.5) is 0 Å². The van der Waals surface area contributed by atoms with Gasteiger partial charge in [0.25, 0.3) is 12.0 Å². The first-order chi connectivity index (χ1) is 15.4. The third-order valence-corrected chi connectivity index (χ3v) is 6.50. The smallest absolute Gasteiger partial charge is 0.290 e. The summed E-state index contributed by atoms with van der Waals surface area (Å²) in [6, 6.07) is 4.81. The molecule has 0 unspecified atom stereocenters. The van der Waals surface area contributed by atoms with Crippen LogP contribution >= 0.6 is 0 Å². The van der Waals surface area contributed by atoms with Gasteiger partial charge in [-0.25, -0.2) is 0 Å². The molecule has 32 heavy (non-hydrogen) atoms. The zero-order valence-electron chi connectivity index (χ0n) is 18.3. The molecule has 4 rings (SSSR count). The summed E-state index contributed by atoms with van der Waals surface area (Å²) in [4.78, 5) is 48.0. The van der Waals surface area contributed by atoms with Gasteiger partial charge in [-0.2, -0.15) is 0 Å². The van der Waals surface area contributed by atoms with Crippen LogP contribution in [0.15, 0.2) is 23.0 Å². The van der Waals surface area contributed by atoms with Crippen molar-refractivity contribution in [2.75, 3.05) is 26.2 Å². The molecule has 0 aromatic carbocycles. The Labute approximate surface area is 186 Å². The molecule has 0 aliphatic carbocycles. The molecule has 1 aromatic heterocycles. The van der Waals surface area contributed by atoms with Crippen molar-refractivity contribution in [2.45, 2.75) is 56.7 Å². The number of carboxylic acid groups (broad SMARTS) is 1. The van der Waals surface area contributed by atoms with Gasteiger partial charge in [0.1, 0.15) is 0 Å². The van der Waals surface area contributed by atoms with Gasteiger partial charge in [0.2, 0.25) is 11.8 Å². The Morgan fingerprint density at radius 3 is 2.69 bits per heavy atom. The molecule has 1 aromatic rings. The number of amides is 2. The summed E-state index contributed by atoms with van der Waals surface area (Å²) in [5.41, 5.74) is 0.896. The van der Waals surface area contributed by atoms with E-state index in [4.69, 9.17) is 9.90 Å². The SMILES string of the molecule is CCCC(=O)NC[C@H]1[C@H]2C[C@H](CN(C(=O)[C@H]3C[C@@H](O)CN3)C2)c2cccc(=O)n21.O=CO. The van der Waals surface area contributed by atoms with Crippen LogP contribution in [0.2, 0.25) is 0 Å². The molecule has 4 heterocycles. The summed E-state index contributed by atoms with van der Waals surface area (Å²) in [6.45, 7) is 3.71. The van der Waals surface area contributed by atoms with E-state index in [9.17, 15) is 19.5 Å². The van der Waals surface area contributed by atoms with E-state index < -0.39 is 6.10 Å². The highest BCUT2D eigenvalue weighted by Gasteiger charge is 2.43. The summed E-state index contributed by atoms with van der Waals surface area (Å²) in [5, 5.41) is 22.7. The number of aromatic nitrogens is 1. The fourth-order valence-corrected chi connectivity index (χ4v) is 5.14. The molecule has 2 fully saturated rings. The number of fused-ring (bicyclic) bond motifs is 4. The van der Waals surface area contributed by atoms with Crippen LogP contribution in [0, 0.1) is 5.92 Å². The molecular formula is C22H32N4O6. The lowest BCUT2D eigenvalue weighted by Gasteiger charge is -2.47. The highest BCUT2D eigenvalue weighted by atomic mass is 16.3. The minimum absolute atomic E-state index is 0.00645. The van der Waals surface area contributed by atoms with Crippen LogP contribution in [0.25, 0.3) is 0 Å². The number of β-amino-alcohol motifs (C(OH)–C–C–N with tert-alkyl or cyclic N) is 1. The number of rotatable bonds is 5. The first kappa shape index (κ1) is 23.9. The van der Waals surface area contributed by atoms with Crippen molar-refractivity contribution in [1.29, 1.82) is 0 Å². The van der Waals surface area contributed by atoms with Crippen LogP contribution in [0.1, 0.15) is 50.3 Å². The molecule has 10 heteroatoms. The van der Waals surface area contributed by atoms with E-state index in [1.54, 1.807) is 12.1 Å². The highest BCUT2D eigenvalue weighted by Crippen LogP contribution is 2.41. The zero-order valence-corrected chi connectivity index (χ0v) is 18.3. The largest absolute Gasteiger partial charge is 0.483 e. The number of aliphatic hydroxyl groups is 1. The van der Waals surface area contributed by atoms with Gasteiger partial charge in [-0.3, -0.25) is 19.2 Å². The van der Waals surface area contributed by atoms with Crippen LogP contribution < -0.4 is 16.2 Å². The van der Waals surface area contributed by atoms with Crippen molar-refractivity contribution in [3.8, 4) is 0 Å². The van der Waals surface area contributed by atoms with Crippen molar-refractivity contribution in [1.82, 2.24) is 20.1 Å². The van der Waals surface area contributed by atoms with Gasteiger partial charge in [0.15, 0.2) is 0 Å². The van der Waals surface area contributed by atoms with Crippen LogP contribution in [-0.2, 0) is 14.4 Å². The number of aliphatic hydroxyl groups excluding tert-OH is 1. The molecule has 0 radical (unpaired) electrons. The molecule has 0 spiro atoms. The number of hydrogen-bond acceptors (Lipinski definition) is 6. The van der Waals surface area contributed by atoms with Crippen molar-refractivity contribution >= 4 is 18.3 Å². The minimum atomic E-state index is -0.478. The second-order valence-electron chi connectivity index (χ2n) is 8.67. The number of nitrogens with one attached hydrogen (secondary N) is 2. The maximum Gasteiger partial charge on any atom is 0.290 e. The van der Waals surface area contributed by atoms with E-state index in [-0.39, 0.29) is 47.8 Å². The van der Waals surface area contributed by atoms with Gasteiger partial charge in [0, 0.05) is 50.3 Å². The van der Waals surface area contributed by atoms with E-state index in [0.717, 1.165) is 18.5 Å². The standard InChI is InChI=1S/C21H30N4O4.CH2O2/c1-2-4-19(27)23-10-18-14-7-13(17-5-3-6-20(28)25(17)18)11-24(12-14)21(29)16-8-15(26)9-22-16;2-1-3/h3,5-6,13-16,18,22,26H,2,4,7-12H2,1H3,(H,23,27);1H,(H,2,3)/t13-,14+,15-,16-,18+;/m1./s1. The molecule has 10 nitrogen and oxygen atoms in total. The molecule has 2 saturated heterocycles. The number of hydrogen-bond donors (Lipinski definition) is 4. The molecule has 176 valence electrons. The van der Waals surface area contributed by atoms with Gasteiger partial charge < -0.3 is 30.3 Å². The lowest BCUT2D eigenvalue weighted by Crippen LogP contribution is -2.55. The number of likely N-dealkylation sites (tertiary alicyclic amines) is 1. The summed E-state index contributed by atoms with van der Waals surface area (Å²) in [7, 11) is 0. The molecule has 0 saturated carbocycles. The summed E-state index contributed by atoms with van der Waals surface area (Å²) >= 11 is 0. The summed E-state index contributed by atoms with van der Waals surface area (Å²) < 4.78 is 1.84. The molecule has 2 bridgehead atoms. The summed E-state index contributed by atoms with van der Waals surface area (Å²) in [6.07, 6.45) is 2.12. The molecule has 3 aliphatic rings. The number of carbonyl (C=O) groups excluding carboxylic acids is 2. The van der Waals surface area contributed by atoms with Gasteiger partial charge >= 0.3 is 0 Å². The third-order valence-electron chi connectivity index (χ3n) is 6.50. The lowest BCUT2D eigenvalue weighted by atomic mass is 9.78. The lowest BCUT2D eigenvalue weighted by molar-refractivity contribution is -0.136. The maximum absolute atomic E-state index is 13.0. The molecular weight excluding hydrogens is 416 g/mol. The van der Waals surface area contributed by atoms with Gasteiger partial charge in [-0.15, -0.1) is 0 Å². The summed E-state index contributed by atoms with van der Waals surface area (Å²) in [5.74, 6) is 0.240. The topological polar surface area (TPSA) is 141 Å². The van der Waals surface area contributed by atoms with Crippen molar-refractivity contribution < 1.29 is 24.6 Å². The van der Waals surface area contributed by atoms with Gasteiger partial charge in [-0.1, -0.05) is 13.0 Å². The number of nitrogens with zero attached hydrogens (tertiary/aromatic N) is 2. The van der Waals surface area contributed by atoms with Crippen molar-refractivity contribution in [3.05, 3.63) is 34.2 Å².